The smallest absolute Gasteiger partial charge is 0.396 e. The maximum Gasteiger partial charge on any atom is 0.455 e. The van der Waals surface area contributed by atoms with E-state index in [9.17, 15) is 17.6 Å². The van der Waals surface area contributed by atoms with Crippen LogP contribution in [-0.4, -0.2) is 10.1 Å². The third-order valence-corrected chi connectivity index (χ3v) is 1.92. The summed E-state index contributed by atoms with van der Waals surface area (Å²) in [6.07, 6.45) is -4.69. The molecule has 4 nitrogen and oxygen atoms in total. The van der Waals surface area contributed by atoms with Gasteiger partial charge in [0.1, 0.15) is 5.82 Å². The van der Waals surface area contributed by atoms with Gasteiger partial charge in [0, 0.05) is 5.56 Å². The van der Waals surface area contributed by atoms with Gasteiger partial charge in [-0.2, -0.15) is 18.2 Å². The van der Waals surface area contributed by atoms with Crippen molar-refractivity contribution in [2.45, 2.75) is 6.18 Å². The van der Waals surface area contributed by atoms with Crippen LogP contribution in [0, 0.1) is 5.82 Å². The molecule has 1 aromatic carbocycles. The predicted molar refractivity (Wildman–Crippen MR) is 49.1 cm³/mol. The molecule has 1 aromatic heterocycles. The highest BCUT2D eigenvalue weighted by molar-refractivity contribution is 5.60. The molecule has 2 rings (SSSR count). The number of rotatable bonds is 1. The molecular weight excluding hydrogens is 242 g/mol. The van der Waals surface area contributed by atoms with Crippen LogP contribution < -0.4 is 5.73 Å². The van der Waals surface area contributed by atoms with Gasteiger partial charge in [0.15, 0.2) is 0 Å². The summed E-state index contributed by atoms with van der Waals surface area (Å²) in [6, 6.07) is 3.31. The van der Waals surface area contributed by atoms with Gasteiger partial charge in [-0.25, -0.2) is 4.39 Å². The van der Waals surface area contributed by atoms with Gasteiger partial charge in [0.2, 0.25) is 0 Å². The third-order valence-electron chi connectivity index (χ3n) is 1.92. The molecule has 0 saturated heterocycles. The topological polar surface area (TPSA) is 64.9 Å². The van der Waals surface area contributed by atoms with Gasteiger partial charge in [0.25, 0.3) is 11.7 Å². The second-order valence-corrected chi connectivity index (χ2v) is 3.16. The van der Waals surface area contributed by atoms with Crippen LogP contribution in [0.4, 0.5) is 23.2 Å². The van der Waals surface area contributed by atoms with Crippen molar-refractivity contribution in [2.75, 3.05) is 5.73 Å². The standard InChI is InChI=1S/C9H5F4N3O/c10-5-2-1-4(3-6(5)14)7-15-8(16-17-7)9(11,12)13/h1-3H,14H2. The van der Waals surface area contributed by atoms with Gasteiger partial charge in [-0.15, -0.1) is 0 Å². The number of hydrogen-bond donors (Lipinski definition) is 1. The van der Waals surface area contributed by atoms with E-state index in [1.807, 2.05) is 0 Å². The van der Waals surface area contributed by atoms with E-state index in [-0.39, 0.29) is 17.1 Å². The maximum absolute atomic E-state index is 12.8. The van der Waals surface area contributed by atoms with E-state index in [2.05, 4.69) is 14.7 Å². The zero-order valence-corrected chi connectivity index (χ0v) is 8.12. The van der Waals surface area contributed by atoms with Crippen LogP contribution in [0.2, 0.25) is 0 Å². The lowest BCUT2D eigenvalue weighted by Gasteiger charge is -1.98. The molecule has 2 aromatic rings. The molecule has 0 aliphatic rings. The Hall–Kier alpha value is -2.12. The lowest BCUT2D eigenvalue weighted by molar-refractivity contribution is -0.146. The van der Waals surface area contributed by atoms with Gasteiger partial charge in [-0.05, 0) is 18.2 Å². The van der Waals surface area contributed by atoms with Crippen molar-refractivity contribution in [1.29, 1.82) is 0 Å². The van der Waals surface area contributed by atoms with E-state index in [1.54, 1.807) is 0 Å². The van der Waals surface area contributed by atoms with Crippen molar-refractivity contribution < 1.29 is 22.1 Å². The summed E-state index contributed by atoms with van der Waals surface area (Å²) in [6.45, 7) is 0. The minimum atomic E-state index is -4.69. The molecule has 0 aliphatic heterocycles. The average molecular weight is 247 g/mol. The first kappa shape index (κ1) is 11.4. The van der Waals surface area contributed by atoms with Gasteiger partial charge >= 0.3 is 6.18 Å². The van der Waals surface area contributed by atoms with Crippen LogP contribution in [-0.2, 0) is 6.18 Å². The van der Waals surface area contributed by atoms with Crippen LogP contribution in [0.3, 0.4) is 0 Å². The Morgan fingerprint density at radius 3 is 2.47 bits per heavy atom. The fourth-order valence-corrected chi connectivity index (χ4v) is 1.13. The van der Waals surface area contributed by atoms with Crippen molar-refractivity contribution in [3.05, 3.63) is 29.8 Å². The molecule has 0 unspecified atom stereocenters. The Balaban J connectivity index is 2.40. The molecule has 17 heavy (non-hydrogen) atoms. The summed E-state index contributed by atoms with van der Waals surface area (Å²) < 4.78 is 53.8. The molecule has 0 radical (unpaired) electrons. The first-order chi connectivity index (χ1) is 7.88. The number of benzene rings is 1. The molecule has 0 bridgehead atoms. The molecule has 0 saturated carbocycles. The van der Waals surface area contributed by atoms with E-state index >= 15 is 0 Å². The number of hydrogen-bond acceptors (Lipinski definition) is 4. The van der Waals surface area contributed by atoms with Crippen molar-refractivity contribution >= 4 is 5.69 Å². The van der Waals surface area contributed by atoms with E-state index in [1.165, 1.54) is 6.07 Å². The first-order valence-electron chi connectivity index (χ1n) is 4.34. The predicted octanol–water partition coefficient (Wildman–Crippen LogP) is 2.48. The number of nitrogens with zero attached hydrogens (tertiary/aromatic N) is 2. The summed E-state index contributed by atoms with van der Waals surface area (Å²) in [5.74, 6) is -2.44. The normalized spacial score (nSPS) is 11.8. The monoisotopic (exact) mass is 247 g/mol. The maximum atomic E-state index is 12.8. The number of halogens is 4. The first-order valence-corrected chi connectivity index (χ1v) is 4.34. The van der Waals surface area contributed by atoms with Gasteiger partial charge < -0.3 is 10.3 Å². The van der Waals surface area contributed by atoms with E-state index in [4.69, 9.17) is 5.73 Å². The molecule has 1 heterocycles. The molecule has 0 fully saturated rings. The van der Waals surface area contributed by atoms with Crippen molar-refractivity contribution in [3.63, 3.8) is 0 Å². The van der Waals surface area contributed by atoms with Crippen LogP contribution in [0.15, 0.2) is 22.7 Å². The van der Waals surface area contributed by atoms with E-state index < -0.39 is 17.8 Å². The van der Waals surface area contributed by atoms with Crippen molar-refractivity contribution in [2.24, 2.45) is 0 Å². The minimum Gasteiger partial charge on any atom is -0.396 e. The molecule has 90 valence electrons. The summed E-state index contributed by atoms with van der Waals surface area (Å²) in [5.41, 5.74) is 5.17. The molecule has 2 N–H and O–H groups in total. The fourth-order valence-electron chi connectivity index (χ4n) is 1.13. The molecule has 0 spiro atoms. The van der Waals surface area contributed by atoms with Crippen LogP contribution in [0.5, 0.6) is 0 Å². The Bertz CT molecular complexity index is 549. The second kappa shape index (κ2) is 3.72. The van der Waals surface area contributed by atoms with E-state index in [0.29, 0.717) is 0 Å². The van der Waals surface area contributed by atoms with Crippen LogP contribution in [0.25, 0.3) is 11.5 Å². The summed E-state index contributed by atoms with van der Waals surface area (Å²) >= 11 is 0. The van der Waals surface area contributed by atoms with Crippen molar-refractivity contribution in [3.8, 4) is 11.5 Å². The van der Waals surface area contributed by atoms with Crippen LogP contribution >= 0.6 is 0 Å². The number of nitrogens with two attached hydrogens (primary N) is 1. The number of nitrogen functional groups attached to an aromatic ring is 1. The van der Waals surface area contributed by atoms with Gasteiger partial charge in [-0.3, -0.25) is 0 Å². The molecular formula is C9H5F4N3O. The van der Waals surface area contributed by atoms with Gasteiger partial charge in [0.05, 0.1) is 5.69 Å². The van der Waals surface area contributed by atoms with E-state index in [0.717, 1.165) is 12.1 Å². The summed E-state index contributed by atoms with van der Waals surface area (Å²) in [5, 5.41) is 2.77. The second-order valence-electron chi connectivity index (χ2n) is 3.16. The lowest BCUT2D eigenvalue weighted by Crippen LogP contribution is -2.07. The SMILES string of the molecule is Nc1cc(-c2nc(C(F)(F)F)no2)ccc1F. The zero-order chi connectivity index (χ0) is 12.6. The highest BCUT2D eigenvalue weighted by atomic mass is 19.4. The number of anilines is 1. The lowest BCUT2D eigenvalue weighted by atomic mass is 10.2. The van der Waals surface area contributed by atoms with Gasteiger partial charge in [-0.1, -0.05) is 5.16 Å². The highest BCUT2D eigenvalue weighted by Gasteiger charge is 2.37. The van der Waals surface area contributed by atoms with Crippen molar-refractivity contribution in [1.82, 2.24) is 10.1 Å². The Labute approximate surface area is 92.0 Å². The Morgan fingerprint density at radius 2 is 1.94 bits per heavy atom. The fraction of sp³-hybridized carbons (Fsp3) is 0.111. The number of aromatic nitrogens is 2. The van der Waals surface area contributed by atoms with Crippen LogP contribution in [0.1, 0.15) is 5.82 Å². The number of alkyl halides is 3. The highest BCUT2D eigenvalue weighted by Crippen LogP contribution is 2.29. The molecule has 0 aliphatic carbocycles. The minimum absolute atomic E-state index is 0.118. The molecule has 0 amide bonds. The zero-order valence-electron chi connectivity index (χ0n) is 8.12. The quantitative estimate of drug-likeness (QED) is 0.621. The summed E-state index contributed by atoms with van der Waals surface area (Å²) in [4.78, 5) is 3.14. The Kier molecular flexibility index (Phi) is 2.49. The summed E-state index contributed by atoms with van der Waals surface area (Å²) in [7, 11) is 0. The molecule has 8 heteroatoms. The average Bonchev–Trinajstić information content (AvgIpc) is 2.70. The third kappa shape index (κ3) is 2.19. The Morgan fingerprint density at radius 1 is 1.24 bits per heavy atom. The molecule has 0 atom stereocenters. The largest absolute Gasteiger partial charge is 0.455 e.